The molecule has 1 aliphatic rings. The fraction of sp³-hybridized carbons (Fsp3) is 0.300. The number of aryl methyl sites for hydroxylation is 2. The molecule has 2 heterocycles. The highest BCUT2D eigenvalue weighted by atomic mass is 32.2. The first-order chi connectivity index (χ1) is 13.1. The van der Waals surface area contributed by atoms with Crippen molar-refractivity contribution in [2.45, 2.75) is 19.9 Å². The molecular weight excluding hydrogens is 380 g/mol. The minimum atomic E-state index is -0.136. The molecule has 2 aromatic carbocycles. The number of amides is 1. The van der Waals surface area contributed by atoms with Gasteiger partial charge in [-0.25, -0.2) is 0 Å². The molecule has 0 saturated heterocycles. The third-order valence-corrected chi connectivity index (χ3v) is 6.02. The molecule has 0 atom stereocenters. The molecule has 0 N–H and O–H groups in total. The molecule has 1 aliphatic heterocycles. The van der Waals surface area contributed by atoms with Crippen molar-refractivity contribution in [1.82, 2.24) is 4.57 Å². The molecule has 0 saturated carbocycles. The van der Waals surface area contributed by atoms with E-state index < -0.39 is 0 Å². The molecule has 3 aromatic rings. The lowest BCUT2D eigenvalue weighted by Crippen LogP contribution is -2.18. The third-order valence-electron chi connectivity index (χ3n) is 4.39. The van der Waals surface area contributed by atoms with Crippen LogP contribution in [0.3, 0.4) is 0 Å². The summed E-state index contributed by atoms with van der Waals surface area (Å²) in [5, 5.41) is 0. The summed E-state index contributed by atoms with van der Waals surface area (Å²) in [6, 6.07) is 12.0. The van der Waals surface area contributed by atoms with Crippen LogP contribution in [-0.2, 0) is 17.8 Å². The van der Waals surface area contributed by atoms with Crippen LogP contribution in [0.4, 0.5) is 0 Å². The van der Waals surface area contributed by atoms with E-state index in [1.165, 1.54) is 16.9 Å². The molecule has 27 heavy (non-hydrogen) atoms. The summed E-state index contributed by atoms with van der Waals surface area (Å²) >= 11 is 3.28. The smallest absolute Gasteiger partial charge is 0.252 e. The Morgan fingerprint density at radius 3 is 2.70 bits per heavy atom. The average Bonchev–Trinajstić information content (AvgIpc) is 3.23. The second-order valence-electron chi connectivity index (χ2n) is 6.37. The van der Waals surface area contributed by atoms with Crippen LogP contribution in [0.1, 0.15) is 11.1 Å². The van der Waals surface area contributed by atoms with Crippen LogP contribution < -0.4 is 14.3 Å². The molecule has 1 amide bonds. The predicted octanol–water partition coefficient (Wildman–Crippen LogP) is 3.77. The molecule has 1 aromatic heterocycles. The maximum absolute atomic E-state index is 12.5. The summed E-state index contributed by atoms with van der Waals surface area (Å²) in [4.78, 5) is 17.7. The van der Waals surface area contributed by atoms with E-state index in [2.05, 4.69) is 15.8 Å². The number of fused-ring (bicyclic) bond motifs is 2. The number of nitrogens with zero attached hydrogens (tertiary/aromatic N) is 2. The minimum absolute atomic E-state index is 0.136. The van der Waals surface area contributed by atoms with Crippen molar-refractivity contribution in [2.75, 3.05) is 18.8 Å². The first kappa shape index (κ1) is 18.1. The van der Waals surface area contributed by atoms with Gasteiger partial charge in [-0.1, -0.05) is 41.2 Å². The van der Waals surface area contributed by atoms with Gasteiger partial charge in [0.2, 0.25) is 6.79 Å². The summed E-state index contributed by atoms with van der Waals surface area (Å²) in [7, 11) is 0. The predicted molar refractivity (Wildman–Crippen MR) is 110 cm³/mol. The lowest BCUT2D eigenvalue weighted by atomic mass is 10.1. The van der Waals surface area contributed by atoms with Crippen molar-refractivity contribution < 1.29 is 14.3 Å². The number of thioether (sulfide) groups is 1. The fourth-order valence-corrected chi connectivity index (χ4v) is 4.42. The van der Waals surface area contributed by atoms with Gasteiger partial charge in [0.15, 0.2) is 16.3 Å². The third kappa shape index (κ3) is 3.89. The van der Waals surface area contributed by atoms with Crippen molar-refractivity contribution in [3.8, 4) is 11.5 Å². The Hall–Kier alpha value is -2.25. The van der Waals surface area contributed by atoms with Gasteiger partial charge < -0.3 is 14.0 Å². The number of hydrogen-bond acceptors (Lipinski definition) is 5. The standard InChI is InChI=1S/C20H20N2O3S2/c1-13-3-5-14(6-4-13)9-19(23)21-20-22(7-8-26-2)15-10-16-17(25-12-24-16)11-18(15)27-20/h3-6,10-11H,7-9,12H2,1-2H3. The van der Waals surface area contributed by atoms with Gasteiger partial charge in [0, 0.05) is 24.4 Å². The van der Waals surface area contributed by atoms with Crippen molar-refractivity contribution in [1.29, 1.82) is 0 Å². The number of ether oxygens (including phenoxy) is 2. The SMILES string of the molecule is CSCCn1c(=NC(=O)Cc2ccc(C)cc2)sc2cc3c(cc21)OCO3. The van der Waals surface area contributed by atoms with Crippen LogP contribution in [0.15, 0.2) is 41.4 Å². The Morgan fingerprint density at radius 2 is 1.96 bits per heavy atom. The molecule has 7 heteroatoms. The van der Waals surface area contributed by atoms with Crippen molar-refractivity contribution in [3.63, 3.8) is 0 Å². The number of benzene rings is 2. The summed E-state index contributed by atoms with van der Waals surface area (Å²) in [5.74, 6) is 2.30. The van der Waals surface area contributed by atoms with Gasteiger partial charge in [-0.15, -0.1) is 0 Å². The van der Waals surface area contributed by atoms with Gasteiger partial charge in [-0.2, -0.15) is 16.8 Å². The largest absolute Gasteiger partial charge is 0.454 e. The minimum Gasteiger partial charge on any atom is -0.454 e. The molecule has 5 nitrogen and oxygen atoms in total. The summed E-state index contributed by atoms with van der Waals surface area (Å²) < 4.78 is 14.1. The van der Waals surface area contributed by atoms with Crippen LogP contribution in [0.2, 0.25) is 0 Å². The Labute approximate surface area is 165 Å². The summed E-state index contributed by atoms with van der Waals surface area (Å²) in [6.45, 7) is 3.08. The van der Waals surface area contributed by atoms with Gasteiger partial charge in [-0.3, -0.25) is 4.79 Å². The Bertz CT molecular complexity index is 1050. The highest BCUT2D eigenvalue weighted by Crippen LogP contribution is 2.37. The molecule has 4 rings (SSSR count). The maximum Gasteiger partial charge on any atom is 0.252 e. The molecule has 0 spiro atoms. The highest BCUT2D eigenvalue weighted by molar-refractivity contribution is 7.98. The average molecular weight is 401 g/mol. The number of carbonyl (C=O) groups excluding carboxylic acids is 1. The first-order valence-electron chi connectivity index (χ1n) is 8.69. The summed E-state index contributed by atoms with van der Waals surface area (Å²) in [6.07, 6.45) is 2.38. The van der Waals surface area contributed by atoms with Crippen LogP contribution >= 0.6 is 23.1 Å². The number of rotatable bonds is 5. The molecule has 0 bridgehead atoms. The van der Waals surface area contributed by atoms with Crippen LogP contribution in [0.5, 0.6) is 11.5 Å². The van der Waals surface area contributed by atoms with E-state index in [0.717, 1.165) is 44.4 Å². The lowest BCUT2D eigenvalue weighted by Gasteiger charge is -2.04. The van der Waals surface area contributed by atoms with Gasteiger partial charge in [0.25, 0.3) is 5.91 Å². The quantitative estimate of drug-likeness (QED) is 0.654. The maximum atomic E-state index is 12.5. The van der Waals surface area contributed by atoms with E-state index in [9.17, 15) is 4.79 Å². The molecule has 140 valence electrons. The van der Waals surface area contributed by atoms with E-state index in [-0.39, 0.29) is 12.7 Å². The Balaban J connectivity index is 1.71. The summed E-state index contributed by atoms with van der Waals surface area (Å²) in [5.41, 5.74) is 3.19. The van der Waals surface area contributed by atoms with Crippen LogP contribution in [-0.4, -0.2) is 29.3 Å². The van der Waals surface area contributed by atoms with E-state index in [4.69, 9.17) is 9.47 Å². The van der Waals surface area contributed by atoms with Crippen LogP contribution in [0.25, 0.3) is 10.2 Å². The number of carbonyl (C=O) groups is 1. The topological polar surface area (TPSA) is 52.8 Å². The fourth-order valence-electron chi connectivity index (χ4n) is 2.97. The van der Waals surface area contributed by atoms with Crippen molar-refractivity contribution in [2.24, 2.45) is 4.99 Å². The lowest BCUT2D eigenvalue weighted by molar-refractivity contribution is -0.117. The first-order valence-corrected chi connectivity index (χ1v) is 10.9. The number of aromatic nitrogens is 1. The zero-order valence-electron chi connectivity index (χ0n) is 15.2. The van der Waals surface area contributed by atoms with E-state index in [0.29, 0.717) is 6.42 Å². The highest BCUT2D eigenvalue weighted by Gasteiger charge is 2.18. The Morgan fingerprint density at radius 1 is 1.22 bits per heavy atom. The monoisotopic (exact) mass is 400 g/mol. The second kappa shape index (κ2) is 7.78. The molecule has 0 aliphatic carbocycles. The molecular formula is C20H20N2O3S2. The number of thiazole rings is 1. The van der Waals surface area contributed by atoms with Crippen LogP contribution in [0, 0.1) is 6.92 Å². The van der Waals surface area contributed by atoms with Gasteiger partial charge in [0.05, 0.1) is 16.6 Å². The molecule has 0 unspecified atom stereocenters. The van der Waals surface area contributed by atoms with Crippen molar-refractivity contribution >= 4 is 39.2 Å². The Kier molecular flexibility index (Phi) is 5.22. The van der Waals surface area contributed by atoms with E-state index in [1.807, 2.05) is 43.3 Å². The van der Waals surface area contributed by atoms with E-state index >= 15 is 0 Å². The van der Waals surface area contributed by atoms with Gasteiger partial charge in [-0.05, 0) is 18.7 Å². The zero-order valence-corrected chi connectivity index (χ0v) is 16.9. The normalized spacial score (nSPS) is 13.5. The van der Waals surface area contributed by atoms with Gasteiger partial charge >= 0.3 is 0 Å². The molecule has 0 radical (unpaired) electrons. The van der Waals surface area contributed by atoms with E-state index in [1.54, 1.807) is 11.8 Å². The number of hydrogen-bond donors (Lipinski definition) is 0. The van der Waals surface area contributed by atoms with Gasteiger partial charge in [0.1, 0.15) is 0 Å². The second-order valence-corrected chi connectivity index (χ2v) is 8.36. The zero-order chi connectivity index (χ0) is 18.8. The molecule has 0 fully saturated rings. The van der Waals surface area contributed by atoms with Crippen molar-refractivity contribution in [3.05, 3.63) is 52.3 Å².